The van der Waals surface area contributed by atoms with Crippen LogP contribution < -0.4 is 16.6 Å². The van der Waals surface area contributed by atoms with Gasteiger partial charge in [-0.1, -0.05) is 18.9 Å². The number of hydrogen-bond acceptors (Lipinski definition) is 7. The van der Waals surface area contributed by atoms with E-state index in [2.05, 4.69) is 25.5 Å². The standard InChI is InChI=1S/C18H21N7O3/c19-18-21-15-14(17(28)22-18)23-25(24-15)12-6-3-5-10(8-12)16(27)20-9-11-4-1-2-7-13(11)26/h3,5-6,8,11,13,26H,1-2,4,7,9H2,(H,20,27)(H3,19,21,22,24,28)/t11-,13+/m1/s1. The maximum Gasteiger partial charge on any atom is 0.282 e. The van der Waals surface area contributed by atoms with Crippen LogP contribution in [0.4, 0.5) is 5.95 Å². The summed E-state index contributed by atoms with van der Waals surface area (Å²) in [5.74, 6) is -0.193. The summed E-state index contributed by atoms with van der Waals surface area (Å²) in [6, 6.07) is 6.74. The molecule has 2 heterocycles. The van der Waals surface area contributed by atoms with E-state index >= 15 is 0 Å². The van der Waals surface area contributed by atoms with E-state index in [9.17, 15) is 14.7 Å². The Balaban J connectivity index is 1.53. The summed E-state index contributed by atoms with van der Waals surface area (Å²) in [6.07, 6.45) is 3.44. The molecule has 0 bridgehead atoms. The maximum absolute atomic E-state index is 12.5. The van der Waals surface area contributed by atoms with Crippen molar-refractivity contribution in [1.82, 2.24) is 30.3 Å². The predicted octanol–water partition coefficient (Wildman–Crippen LogP) is 0.367. The smallest absolute Gasteiger partial charge is 0.282 e. The van der Waals surface area contributed by atoms with Gasteiger partial charge in [-0.15, -0.1) is 15.0 Å². The van der Waals surface area contributed by atoms with Gasteiger partial charge in [0.2, 0.25) is 11.6 Å². The molecule has 10 nitrogen and oxygen atoms in total. The van der Waals surface area contributed by atoms with Crippen LogP contribution in [0.3, 0.4) is 0 Å². The molecule has 28 heavy (non-hydrogen) atoms. The molecule has 10 heteroatoms. The monoisotopic (exact) mass is 383 g/mol. The van der Waals surface area contributed by atoms with Crippen LogP contribution in [0.5, 0.6) is 0 Å². The Hall–Kier alpha value is -3.27. The molecule has 1 fully saturated rings. The van der Waals surface area contributed by atoms with Crippen LogP contribution in [-0.4, -0.2) is 48.6 Å². The van der Waals surface area contributed by atoms with Crippen molar-refractivity contribution in [2.24, 2.45) is 5.92 Å². The van der Waals surface area contributed by atoms with Gasteiger partial charge in [0.1, 0.15) is 0 Å². The molecule has 1 aliphatic rings. The number of benzene rings is 1. The quantitative estimate of drug-likeness (QED) is 0.508. The van der Waals surface area contributed by atoms with Crippen molar-refractivity contribution >= 4 is 23.0 Å². The van der Waals surface area contributed by atoms with Gasteiger partial charge in [-0.05, 0) is 31.0 Å². The summed E-state index contributed by atoms with van der Waals surface area (Å²) >= 11 is 0. The Morgan fingerprint density at radius 1 is 1.32 bits per heavy atom. The molecular weight excluding hydrogens is 362 g/mol. The minimum Gasteiger partial charge on any atom is -0.393 e. The zero-order chi connectivity index (χ0) is 19.7. The minimum atomic E-state index is -0.478. The average molecular weight is 383 g/mol. The normalized spacial score (nSPS) is 19.6. The second-order valence-electron chi connectivity index (χ2n) is 6.99. The van der Waals surface area contributed by atoms with Gasteiger partial charge in [-0.3, -0.25) is 14.6 Å². The van der Waals surface area contributed by atoms with Crippen LogP contribution in [0.15, 0.2) is 29.1 Å². The van der Waals surface area contributed by atoms with Gasteiger partial charge >= 0.3 is 0 Å². The van der Waals surface area contributed by atoms with Gasteiger partial charge in [0, 0.05) is 18.0 Å². The van der Waals surface area contributed by atoms with E-state index in [1.807, 2.05) is 0 Å². The Morgan fingerprint density at radius 3 is 2.96 bits per heavy atom. The molecule has 3 aromatic rings. The van der Waals surface area contributed by atoms with Gasteiger partial charge < -0.3 is 16.2 Å². The lowest BCUT2D eigenvalue weighted by Crippen LogP contribution is -2.36. The third kappa shape index (κ3) is 3.58. The van der Waals surface area contributed by atoms with E-state index in [-0.39, 0.29) is 35.0 Å². The van der Waals surface area contributed by atoms with E-state index in [0.717, 1.165) is 25.7 Å². The number of carbonyl (C=O) groups is 1. The number of aliphatic hydroxyl groups excluding tert-OH is 1. The van der Waals surface area contributed by atoms with Crippen molar-refractivity contribution < 1.29 is 9.90 Å². The number of nitrogens with two attached hydrogens (primary N) is 1. The molecule has 146 valence electrons. The number of nitrogens with zero attached hydrogens (tertiary/aromatic N) is 4. The fourth-order valence-corrected chi connectivity index (χ4v) is 3.48. The van der Waals surface area contributed by atoms with Gasteiger partial charge in [0.05, 0.1) is 11.8 Å². The largest absolute Gasteiger partial charge is 0.393 e. The van der Waals surface area contributed by atoms with Crippen LogP contribution in [0.25, 0.3) is 16.9 Å². The SMILES string of the molecule is Nc1nc2nn(-c3cccc(C(=O)NC[C@H]4CCCC[C@@H]4O)c3)nc2c(=O)[nH]1. The van der Waals surface area contributed by atoms with Crippen LogP contribution >= 0.6 is 0 Å². The molecule has 2 aromatic heterocycles. The molecule has 0 spiro atoms. The first-order valence-corrected chi connectivity index (χ1v) is 9.21. The molecule has 5 N–H and O–H groups in total. The molecule has 1 aromatic carbocycles. The highest BCUT2D eigenvalue weighted by atomic mass is 16.3. The van der Waals surface area contributed by atoms with Gasteiger partial charge in [-0.2, -0.15) is 4.98 Å². The molecule has 1 aliphatic carbocycles. The number of nitrogen functional groups attached to an aromatic ring is 1. The lowest BCUT2D eigenvalue weighted by molar-refractivity contribution is 0.0663. The van der Waals surface area contributed by atoms with Crippen LogP contribution in [0.2, 0.25) is 0 Å². The number of H-pyrrole nitrogens is 1. The van der Waals surface area contributed by atoms with Crippen LogP contribution in [0.1, 0.15) is 36.0 Å². The fraction of sp³-hybridized carbons (Fsp3) is 0.389. The highest BCUT2D eigenvalue weighted by molar-refractivity contribution is 5.94. The zero-order valence-corrected chi connectivity index (χ0v) is 15.1. The second-order valence-corrected chi connectivity index (χ2v) is 6.99. The molecule has 2 atom stereocenters. The number of rotatable bonds is 4. The highest BCUT2D eigenvalue weighted by Gasteiger charge is 2.23. The molecular formula is C18H21N7O3. The van der Waals surface area contributed by atoms with Crippen molar-refractivity contribution in [3.63, 3.8) is 0 Å². The van der Waals surface area contributed by atoms with E-state index in [0.29, 0.717) is 17.8 Å². The number of amides is 1. The van der Waals surface area contributed by atoms with E-state index in [1.54, 1.807) is 24.3 Å². The van der Waals surface area contributed by atoms with E-state index in [1.165, 1.54) is 4.80 Å². The first kappa shape index (κ1) is 18.1. The number of anilines is 1. The topological polar surface area (TPSA) is 152 Å². The predicted molar refractivity (Wildman–Crippen MR) is 102 cm³/mol. The van der Waals surface area contributed by atoms with Gasteiger partial charge in [0.15, 0.2) is 5.52 Å². The van der Waals surface area contributed by atoms with Gasteiger partial charge in [-0.25, -0.2) is 0 Å². The number of aliphatic hydroxyl groups is 1. The average Bonchev–Trinajstić information content (AvgIpc) is 3.12. The number of nitrogens with one attached hydrogen (secondary N) is 2. The number of aromatic amines is 1. The van der Waals surface area contributed by atoms with Crippen molar-refractivity contribution in [3.8, 4) is 5.69 Å². The fourth-order valence-electron chi connectivity index (χ4n) is 3.48. The minimum absolute atomic E-state index is 0.0393. The molecule has 0 radical (unpaired) electrons. The Bertz CT molecular complexity index is 1070. The summed E-state index contributed by atoms with van der Waals surface area (Å²) in [6.45, 7) is 0.437. The zero-order valence-electron chi connectivity index (χ0n) is 15.1. The van der Waals surface area contributed by atoms with Gasteiger partial charge in [0.25, 0.3) is 11.5 Å². The number of carbonyl (C=O) groups excluding carboxylic acids is 1. The third-order valence-corrected chi connectivity index (χ3v) is 5.01. The van der Waals surface area contributed by atoms with E-state index in [4.69, 9.17) is 5.73 Å². The lowest BCUT2D eigenvalue weighted by atomic mass is 9.86. The highest BCUT2D eigenvalue weighted by Crippen LogP contribution is 2.23. The summed E-state index contributed by atoms with van der Waals surface area (Å²) in [5, 5.41) is 21.2. The summed E-state index contributed by atoms with van der Waals surface area (Å²) in [7, 11) is 0. The number of fused-ring (bicyclic) bond motifs is 1. The molecule has 4 rings (SSSR count). The molecule has 1 amide bonds. The van der Waals surface area contributed by atoms with Crippen molar-refractivity contribution in [2.45, 2.75) is 31.8 Å². The number of aromatic nitrogens is 5. The molecule has 1 saturated carbocycles. The summed E-state index contributed by atoms with van der Waals surface area (Å²) < 4.78 is 0. The first-order chi connectivity index (χ1) is 13.5. The van der Waals surface area contributed by atoms with Crippen molar-refractivity contribution in [2.75, 3.05) is 12.3 Å². The molecule has 0 unspecified atom stereocenters. The first-order valence-electron chi connectivity index (χ1n) is 9.21. The summed E-state index contributed by atoms with van der Waals surface area (Å²) in [5.41, 5.74) is 6.19. The maximum atomic E-state index is 12.5. The Labute approximate surface area is 159 Å². The summed E-state index contributed by atoms with van der Waals surface area (Å²) in [4.78, 5) is 32.0. The molecule has 0 saturated heterocycles. The Morgan fingerprint density at radius 2 is 2.14 bits per heavy atom. The Kier molecular flexibility index (Phi) is 4.78. The van der Waals surface area contributed by atoms with E-state index < -0.39 is 5.56 Å². The van der Waals surface area contributed by atoms with Crippen molar-refractivity contribution in [1.29, 1.82) is 0 Å². The van der Waals surface area contributed by atoms with Crippen molar-refractivity contribution in [3.05, 3.63) is 40.2 Å². The third-order valence-electron chi connectivity index (χ3n) is 5.01. The number of hydrogen-bond donors (Lipinski definition) is 4. The van der Waals surface area contributed by atoms with Crippen LogP contribution in [0, 0.1) is 5.92 Å². The lowest BCUT2D eigenvalue weighted by Gasteiger charge is -2.27. The molecule has 0 aliphatic heterocycles. The second kappa shape index (κ2) is 7.39. The van der Waals surface area contributed by atoms with Crippen LogP contribution in [-0.2, 0) is 0 Å².